The summed E-state index contributed by atoms with van der Waals surface area (Å²) in [4.78, 5) is 3.97. The number of halogens is 1. The number of nitrogens with zero attached hydrogens (tertiary/aromatic N) is 2. The number of sulfonamides is 1. The molecule has 0 aromatic carbocycles. The molecule has 2 heterocycles. The number of aromatic nitrogens is 1. The quantitative estimate of drug-likeness (QED) is 0.837. The molecule has 1 fully saturated rings. The molecule has 0 amide bonds. The van der Waals surface area contributed by atoms with Gasteiger partial charge in [-0.2, -0.15) is 4.31 Å². The summed E-state index contributed by atoms with van der Waals surface area (Å²) in [5.41, 5.74) is -0.0421. The lowest BCUT2D eigenvalue weighted by atomic mass is 10.1. The van der Waals surface area contributed by atoms with Crippen molar-refractivity contribution in [2.24, 2.45) is 0 Å². The van der Waals surface area contributed by atoms with Gasteiger partial charge in [0.2, 0.25) is 0 Å². The minimum Gasteiger partial charge on any atom is -0.370 e. The molecule has 108 valence electrons. The number of rotatable bonds is 2. The highest BCUT2D eigenvalue weighted by molar-refractivity contribution is 7.91. The molecule has 1 aromatic rings. The Balaban J connectivity index is 2.37. The molecule has 5 nitrogen and oxygen atoms in total. The van der Waals surface area contributed by atoms with Gasteiger partial charge in [-0.05, 0) is 27.7 Å². The third-order valence-electron chi connectivity index (χ3n) is 2.84. The minimum absolute atomic E-state index is 0.137. The van der Waals surface area contributed by atoms with Crippen molar-refractivity contribution in [2.45, 2.75) is 43.6 Å². The highest BCUT2D eigenvalue weighted by Crippen LogP contribution is 2.32. The third-order valence-corrected chi connectivity index (χ3v) is 6.50. The minimum atomic E-state index is -3.55. The first-order chi connectivity index (χ1) is 8.62. The molecule has 0 saturated carbocycles. The molecule has 1 atom stereocenters. The lowest BCUT2D eigenvalue weighted by molar-refractivity contribution is -0.109. The normalized spacial score (nSPS) is 24.6. The second kappa shape index (κ2) is 4.96. The van der Waals surface area contributed by atoms with E-state index in [1.807, 2.05) is 20.8 Å². The van der Waals surface area contributed by atoms with Crippen LogP contribution in [0.5, 0.6) is 0 Å². The van der Waals surface area contributed by atoms with E-state index < -0.39 is 15.6 Å². The van der Waals surface area contributed by atoms with Crippen molar-refractivity contribution in [1.82, 2.24) is 9.29 Å². The molecule has 1 saturated heterocycles. The molecule has 1 aliphatic rings. The monoisotopic (exact) mass is 324 g/mol. The van der Waals surface area contributed by atoms with Gasteiger partial charge in [0, 0.05) is 13.1 Å². The predicted octanol–water partition coefficient (Wildman–Crippen LogP) is 2.29. The van der Waals surface area contributed by atoms with Gasteiger partial charge < -0.3 is 4.74 Å². The van der Waals surface area contributed by atoms with Gasteiger partial charge in [0.25, 0.3) is 10.0 Å². The number of hydrogen-bond donors (Lipinski definition) is 0. The van der Waals surface area contributed by atoms with Gasteiger partial charge in [-0.1, -0.05) is 22.9 Å². The van der Waals surface area contributed by atoms with Gasteiger partial charge in [0.05, 0.1) is 17.4 Å². The molecule has 0 radical (unpaired) electrons. The van der Waals surface area contributed by atoms with Crippen LogP contribution in [0.3, 0.4) is 0 Å². The highest BCUT2D eigenvalue weighted by Gasteiger charge is 2.39. The molecule has 0 bridgehead atoms. The van der Waals surface area contributed by atoms with Crippen LogP contribution in [0, 0.1) is 6.92 Å². The Morgan fingerprint density at radius 2 is 2.16 bits per heavy atom. The Morgan fingerprint density at radius 1 is 1.53 bits per heavy atom. The summed E-state index contributed by atoms with van der Waals surface area (Å²) < 4.78 is 32.9. The number of aryl methyl sites for hydroxylation is 1. The first kappa shape index (κ1) is 15.2. The molecular formula is C11H17ClN2O3S2. The van der Waals surface area contributed by atoms with Crippen molar-refractivity contribution in [2.75, 3.05) is 13.1 Å². The van der Waals surface area contributed by atoms with E-state index in [1.54, 1.807) is 6.92 Å². The van der Waals surface area contributed by atoms with E-state index in [9.17, 15) is 8.42 Å². The highest BCUT2D eigenvalue weighted by atomic mass is 35.5. The van der Waals surface area contributed by atoms with Gasteiger partial charge in [0.1, 0.15) is 0 Å². The molecular weight excluding hydrogens is 308 g/mol. The number of hydrogen-bond acceptors (Lipinski definition) is 5. The summed E-state index contributed by atoms with van der Waals surface area (Å²) in [6.45, 7) is 7.98. The zero-order chi connectivity index (χ0) is 14.4. The van der Waals surface area contributed by atoms with Crippen molar-refractivity contribution in [3.8, 4) is 0 Å². The fourth-order valence-corrected chi connectivity index (χ4v) is 5.82. The van der Waals surface area contributed by atoms with E-state index in [4.69, 9.17) is 16.3 Å². The summed E-state index contributed by atoms with van der Waals surface area (Å²) >= 11 is 6.80. The number of ether oxygens (including phenoxy) is 1. The largest absolute Gasteiger partial charge is 0.370 e. The van der Waals surface area contributed by atoms with Crippen LogP contribution in [-0.4, -0.2) is 42.5 Å². The Labute approximate surface area is 122 Å². The van der Waals surface area contributed by atoms with Gasteiger partial charge in [-0.15, -0.1) is 0 Å². The maximum absolute atomic E-state index is 12.6. The Kier molecular flexibility index (Phi) is 3.97. The van der Waals surface area contributed by atoms with Crippen LogP contribution in [0.4, 0.5) is 0 Å². The van der Waals surface area contributed by atoms with Crippen LogP contribution < -0.4 is 0 Å². The van der Waals surface area contributed by atoms with Crippen molar-refractivity contribution in [1.29, 1.82) is 0 Å². The smallest absolute Gasteiger partial charge is 0.254 e. The summed E-state index contributed by atoms with van der Waals surface area (Å²) in [5, 5.41) is 0. The van der Waals surface area contributed by atoms with E-state index in [1.165, 1.54) is 4.31 Å². The van der Waals surface area contributed by atoms with Crippen molar-refractivity contribution in [3.05, 3.63) is 10.2 Å². The first-order valence-electron chi connectivity index (χ1n) is 5.93. The van der Waals surface area contributed by atoms with Crippen molar-refractivity contribution < 1.29 is 13.2 Å². The van der Waals surface area contributed by atoms with Gasteiger partial charge in [-0.25, -0.2) is 13.4 Å². The molecule has 1 unspecified atom stereocenters. The Morgan fingerprint density at radius 3 is 2.63 bits per heavy atom. The SMILES string of the molecule is Cc1nc(Cl)sc1S(=O)(=O)N1CC(C)OC(C)(C)C1. The standard InChI is InChI=1S/C11H17ClN2O3S2/c1-7-5-14(6-11(3,4)17-7)19(15,16)9-8(2)13-10(12)18-9/h7H,5-6H2,1-4H3. The van der Waals surface area contributed by atoms with Gasteiger partial charge in [-0.3, -0.25) is 0 Å². The lowest BCUT2D eigenvalue weighted by Gasteiger charge is -2.40. The fourth-order valence-electron chi connectivity index (χ4n) is 2.29. The zero-order valence-electron chi connectivity index (χ0n) is 11.3. The van der Waals surface area contributed by atoms with Crippen LogP contribution in [0.2, 0.25) is 4.47 Å². The molecule has 8 heteroatoms. The van der Waals surface area contributed by atoms with Crippen LogP contribution in [0.25, 0.3) is 0 Å². The second-order valence-electron chi connectivity index (χ2n) is 5.33. The summed E-state index contributed by atoms with van der Waals surface area (Å²) in [6.07, 6.45) is -0.137. The summed E-state index contributed by atoms with van der Waals surface area (Å²) in [6, 6.07) is 0. The Hall–Kier alpha value is -0.210. The maximum Gasteiger partial charge on any atom is 0.254 e. The van der Waals surface area contributed by atoms with Crippen LogP contribution >= 0.6 is 22.9 Å². The average Bonchev–Trinajstić information content (AvgIpc) is 2.55. The molecule has 2 rings (SSSR count). The molecule has 1 aromatic heterocycles. The van der Waals surface area contributed by atoms with E-state index in [0.717, 1.165) is 11.3 Å². The lowest BCUT2D eigenvalue weighted by Crippen LogP contribution is -2.53. The van der Waals surface area contributed by atoms with E-state index in [2.05, 4.69) is 4.98 Å². The zero-order valence-corrected chi connectivity index (χ0v) is 13.7. The van der Waals surface area contributed by atoms with E-state index >= 15 is 0 Å². The molecule has 0 N–H and O–H groups in total. The first-order valence-corrected chi connectivity index (χ1v) is 8.56. The summed E-state index contributed by atoms with van der Waals surface area (Å²) in [5.74, 6) is 0. The van der Waals surface area contributed by atoms with Gasteiger partial charge >= 0.3 is 0 Å². The second-order valence-corrected chi connectivity index (χ2v) is 9.04. The fraction of sp³-hybridized carbons (Fsp3) is 0.727. The van der Waals surface area contributed by atoms with Gasteiger partial charge in [0.15, 0.2) is 8.68 Å². The van der Waals surface area contributed by atoms with Crippen molar-refractivity contribution >= 4 is 33.0 Å². The topological polar surface area (TPSA) is 59.5 Å². The average molecular weight is 325 g/mol. The Bertz CT molecular complexity index is 583. The molecule has 19 heavy (non-hydrogen) atoms. The number of morpholine rings is 1. The van der Waals surface area contributed by atoms with Crippen molar-refractivity contribution in [3.63, 3.8) is 0 Å². The maximum atomic E-state index is 12.6. The summed E-state index contributed by atoms with van der Waals surface area (Å²) in [7, 11) is -3.55. The molecule has 1 aliphatic heterocycles. The van der Waals surface area contributed by atoms with Crippen LogP contribution in [0.15, 0.2) is 4.21 Å². The van der Waals surface area contributed by atoms with E-state index in [0.29, 0.717) is 18.8 Å². The van der Waals surface area contributed by atoms with Crippen LogP contribution in [0.1, 0.15) is 26.5 Å². The third kappa shape index (κ3) is 3.11. The molecule has 0 spiro atoms. The predicted molar refractivity (Wildman–Crippen MR) is 75.2 cm³/mol. The molecule has 0 aliphatic carbocycles. The number of thiazole rings is 1. The van der Waals surface area contributed by atoms with Crippen LogP contribution in [-0.2, 0) is 14.8 Å². The van der Waals surface area contributed by atoms with E-state index in [-0.39, 0.29) is 14.8 Å².